The molecule has 2 heterocycles. The fraction of sp³-hybridized carbons (Fsp3) is 0.423. The summed E-state index contributed by atoms with van der Waals surface area (Å²) in [5, 5.41) is 11.8. The number of amides is 1. The Kier molecular flexibility index (Phi) is 7.47. The van der Waals surface area contributed by atoms with Crippen LogP contribution in [-0.4, -0.2) is 52.4 Å². The SMILES string of the molecule is COc1cc(C)c(CN2CCc3nnc([C@@H](C)NC(=O)COc4ccccc4)n3CC2)cc1C. The van der Waals surface area contributed by atoms with E-state index in [1.165, 1.54) is 11.1 Å². The number of ether oxygens (including phenoxy) is 2. The molecule has 0 radical (unpaired) electrons. The predicted molar refractivity (Wildman–Crippen MR) is 130 cm³/mol. The summed E-state index contributed by atoms with van der Waals surface area (Å²) in [6.45, 7) is 9.58. The van der Waals surface area contributed by atoms with Crippen LogP contribution in [0.5, 0.6) is 11.5 Å². The lowest BCUT2D eigenvalue weighted by Crippen LogP contribution is -2.33. The highest BCUT2D eigenvalue weighted by Gasteiger charge is 2.23. The molecule has 34 heavy (non-hydrogen) atoms. The van der Waals surface area contributed by atoms with Crippen molar-refractivity contribution in [2.75, 3.05) is 26.8 Å². The molecule has 0 bridgehead atoms. The molecule has 180 valence electrons. The maximum Gasteiger partial charge on any atom is 0.258 e. The summed E-state index contributed by atoms with van der Waals surface area (Å²) in [4.78, 5) is 14.9. The van der Waals surface area contributed by atoms with Crippen molar-refractivity contribution in [1.82, 2.24) is 25.0 Å². The summed E-state index contributed by atoms with van der Waals surface area (Å²) in [5.41, 5.74) is 3.70. The fourth-order valence-electron chi connectivity index (χ4n) is 4.36. The second-order valence-electron chi connectivity index (χ2n) is 8.79. The van der Waals surface area contributed by atoms with E-state index >= 15 is 0 Å². The van der Waals surface area contributed by atoms with Gasteiger partial charge in [0.05, 0.1) is 13.2 Å². The maximum atomic E-state index is 12.4. The van der Waals surface area contributed by atoms with E-state index in [1.807, 2.05) is 37.3 Å². The van der Waals surface area contributed by atoms with Gasteiger partial charge < -0.3 is 19.4 Å². The third-order valence-corrected chi connectivity index (χ3v) is 6.27. The van der Waals surface area contributed by atoms with Crippen LogP contribution in [0.25, 0.3) is 0 Å². The number of hydrogen-bond donors (Lipinski definition) is 1. The lowest BCUT2D eigenvalue weighted by molar-refractivity contribution is -0.123. The Hall–Kier alpha value is -3.39. The molecule has 0 spiro atoms. The number of benzene rings is 2. The van der Waals surface area contributed by atoms with Gasteiger partial charge in [0.1, 0.15) is 17.3 Å². The highest BCUT2D eigenvalue weighted by atomic mass is 16.5. The molecule has 0 saturated carbocycles. The van der Waals surface area contributed by atoms with E-state index in [0.29, 0.717) is 5.75 Å². The lowest BCUT2D eigenvalue weighted by Gasteiger charge is -2.22. The first-order valence-corrected chi connectivity index (χ1v) is 11.7. The molecule has 8 nitrogen and oxygen atoms in total. The van der Waals surface area contributed by atoms with Gasteiger partial charge in [0, 0.05) is 32.6 Å². The topological polar surface area (TPSA) is 81.5 Å². The van der Waals surface area contributed by atoms with Gasteiger partial charge in [0.25, 0.3) is 5.91 Å². The molecule has 0 saturated heterocycles. The summed E-state index contributed by atoms with van der Waals surface area (Å²) in [5.74, 6) is 3.15. The van der Waals surface area contributed by atoms with Crippen molar-refractivity contribution in [2.45, 2.75) is 46.3 Å². The van der Waals surface area contributed by atoms with E-state index in [1.54, 1.807) is 7.11 Å². The van der Waals surface area contributed by atoms with Crippen LogP contribution in [0.1, 0.15) is 41.3 Å². The second kappa shape index (κ2) is 10.7. The largest absolute Gasteiger partial charge is 0.496 e. The molecule has 4 rings (SSSR count). The summed E-state index contributed by atoms with van der Waals surface area (Å²) in [6.07, 6.45) is 0.818. The zero-order chi connectivity index (χ0) is 24.1. The number of aromatic nitrogens is 3. The van der Waals surface area contributed by atoms with Crippen molar-refractivity contribution in [1.29, 1.82) is 0 Å². The molecule has 2 aromatic carbocycles. The molecule has 1 amide bonds. The van der Waals surface area contributed by atoms with Crippen LogP contribution in [0.2, 0.25) is 0 Å². The number of fused-ring (bicyclic) bond motifs is 1. The van der Waals surface area contributed by atoms with E-state index in [-0.39, 0.29) is 18.6 Å². The maximum absolute atomic E-state index is 12.4. The molecule has 1 aromatic heterocycles. The van der Waals surface area contributed by atoms with Gasteiger partial charge in [-0.1, -0.05) is 24.3 Å². The van der Waals surface area contributed by atoms with Crippen molar-refractivity contribution in [3.8, 4) is 11.5 Å². The number of carbonyl (C=O) groups is 1. The first-order chi connectivity index (χ1) is 16.4. The van der Waals surface area contributed by atoms with Crippen molar-refractivity contribution in [3.63, 3.8) is 0 Å². The molecular weight excluding hydrogens is 430 g/mol. The summed E-state index contributed by atoms with van der Waals surface area (Å²) in [7, 11) is 1.71. The molecule has 1 atom stereocenters. The molecule has 1 aliphatic heterocycles. The normalized spacial score (nSPS) is 14.7. The number of aryl methyl sites for hydroxylation is 2. The Morgan fingerprint density at radius 1 is 1.09 bits per heavy atom. The van der Waals surface area contributed by atoms with Crippen LogP contribution >= 0.6 is 0 Å². The molecule has 8 heteroatoms. The summed E-state index contributed by atoms with van der Waals surface area (Å²) >= 11 is 0. The highest BCUT2D eigenvalue weighted by molar-refractivity contribution is 5.77. The van der Waals surface area contributed by atoms with Gasteiger partial charge in [0.15, 0.2) is 12.4 Å². The minimum absolute atomic E-state index is 0.0379. The average Bonchev–Trinajstić information content (AvgIpc) is 3.14. The van der Waals surface area contributed by atoms with E-state index in [0.717, 1.165) is 55.6 Å². The van der Waals surface area contributed by atoms with Gasteiger partial charge in [-0.05, 0) is 55.7 Å². The fourth-order valence-corrected chi connectivity index (χ4v) is 4.36. The molecule has 1 aliphatic rings. The van der Waals surface area contributed by atoms with Crippen molar-refractivity contribution in [2.24, 2.45) is 0 Å². The number of nitrogens with zero attached hydrogens (tertiary/aromatic N) is 4. The van der Waals surface area contributed by atoms with Gasteiger partial charge in [0.2, 0.25) is 0 Å². The van der Waals surface area contributed by atoms with Crippen molar-refractivity contribution in [3.05, 3.63) is 70.8 Å². The first-order valence-electron chi connectivity index (χ1n) is 11.7. The first kappa shape index (κ1) is 23.8. The average molecular weight is 464 g/mol. The Balaban J connectivity index is 1.35. The molecular formula is C26H33N5O3. The Morgan fingerprint density at radius 3 is 2.65 bits per heavy atom. The number of rotatable bonds is 8. The van der Waals surface area contributed by atoms with Gasteiger partial charge in [-0.15, -0.1) is 10.2 Å². The molecule has 1 N–H and O–H groups in total. The molecule has 0 fully saturated rings. The number of carbonyl (C=O) groups excluding carboxylic acids is 1. The molecule has 0 unspecified atom stereocenters. The minimum atomic E-state index is -0.258. The Bertz CT molecular complexity index is 1130. The number of hydrogen-bond acceptors (Lipinski definition) is 6. The van der Waals surface area contributed by atoms with Gasteiger partial charge in [-0.2, -0.15) is 0 Å². The number of para-hydroxylation sites is 1. The zero-order valence-electron chi connectivity index (χ0n) is 20.4. The van der Waals surface area contributed by atoms with Crippen molar-refractivity contribution >= 4 is 5.91 Å². The smallest absolute Gasteiger partial charge is 0.258 e. The van der Waals surface area contributed by atoms with Gasteiger partial charge in [-0.3, -0.25) is 9.69 Å². The third-order valence-electron chi connectivity index (χ3n) is 6.27. The summed E-state index contributed by atoms with van der Waals surface area (Å²) in [6, 6.07) is 13.4. The van der Waals surface area contributed by atoms with Gasteiger partial charge >= 0.3 is 0 Å². The van der Waals surface area contributed by atoms with Crippen molar-refractivity contribution < 1.29 is 14.3 Å². The van der Waals surface area contributed by atoms with E-state index in [4.69, 9.17) is 9.47 Å². The number of methoxy groups -OCH3 is 1. The third kappa shape index (κ3) is 5.56. The van der Waals surface area contributed by atoms with Crippen LogP contribution in [0, 0.1) is 13.8 Å². The predicted octanol–water partition coefficient (Wildman–Crippen LogP) is 3.22. The van der Waals surface area contributed by atoms with Crippen LogP contribution in [0.4, 0.5) is 0 Å². The molecule has 3 aromatic rings. The van der Waals surface area contributed by atoms with Crippen LogP contribution < -0.4 is 14.8 Å². The lowest BCUT2D eigenvalue weighted by atomic mass is 10.0. The standard InChI is InChI=1S/C26H33N5O3/c1-18-15-23(33-4)19(2)14-21(18)16-30-11-10-24-28-29-26(31(24)13-12-30)20(3)27-25(32)17-34-22-8-6-5-7-9-22/h5-9,14-15,20H,10-13,16-17H2,1-4H3,(H,27,32)/t20-/m1/s1. The zero-order valence-corrected chi connectivity index (χ0v) is 20.4. The van der Waals surface area contributed by atoms with Crippen LogP contribution in [0.3, 0.4) is 0 Å². The van der Waals surface area contributed by atoms with Gasteiger partial charge in [-0.25, -0.2) is 0 Å². The summed E-state index contributed by atoms with van der Waals surface area (Å²) < 4.78 is 13.2. The number of nitrogens with one attached hydrogen (secondary N) is 1. The van der Waals surface area contributed by atoms with E-state index in [2.05, 4.69) is 51.0 Å². The Labute approximate surface area is 200 Å². The second-order valence-corrected chi connectivity index (χ2v) is 8.79. The van der Waals surface area contributed by atoms with E-state index in [9.17, 15) is 4.79 Å². The van der Waals surface area contributed by atoms with Crippen LogP contribution in [-0.2, 0) is 24.3 Å². The molecule has 0 aliphatic carbocycles. The van der Waals surface area contributed by atoms with Crippen LogP contribution in [0.15, 0.2) is 42.5 Å². The van der Waals surface area contributed by atoms with E-state index < -0.39 is 0 Å². The monoisotopic (exact) mass is 463 g/mol. The minimum Gasteiger partial charge on any atom is -0.496 e. The Morgan fingerprint density at radius 2 is 1.88 bits per heavy atom. The highest BCUT2D eigenvalue weighted by Crippen LogP contribution is 2.24. The quantitative estimate of drug-likeness (QED) is 0.553.